The minimum Gasteiger partial charge on any atom is -0.483 e. The second-order valence-electron chi connectivity index (χ2n) is 6.22. The molecule has 1 spiro atoms. The third-order valence-electron chi connectivity index (χ3n) is 4.68. The molecule has 110 valence electrons. The van der Waals surface area contributed by atoms with Crippen molar-refractivity contribution in [1.82, 2.24) is 9.47 Å². The Bertz CT molecular complexity index is 655. The molecule has 1 saturated heterocycles. The third kappa shape index (κ3) is 2.07. The van der Waals surface area contributed by atoms with Crippen molar-refractivity contribution in [3.63, 3.8) is 0 Å². The summed E-state index contributed by atoms with van der Waals surface area (Å²) in [7, 11) is 2.17. The van der Waals surface area contributed by atoms with Crippen LogP contribution in [0.3, 0.4) is 0 Å². The molecule has 2 atom stereocenters. The van der Waals surface area contributed by atoms with Crippen molar-refractivity contribution < 1.29 is 4.74 Å². The van der Waals surface area contributed by atoms with Gasteiger partial charge in [-0.15, -0.1) is 0 Å². The maximum atomic E-state index is 6.48. The van der Waals surface area contributed by atoms with E-state index in [1.54, 1.807) is 0 Å². The quantitative estimate of drug-likeness (QED) is 0.801. The molecule has 3 nitrogen and oxygen atoms in total. The molecule has 0 radical (unpaired) electrons. The van der Waals surface area contributed by atoms with Gasteiger partial charge in [-0.1, -0.05) is 11.6 Å². The Morgan fingerprint density at radius 3 is 2.86 bits per heavy atom. The van der Waals surface area contributed by atoms with Crippen LogP contribution in [-0.2, 0) is 0 Å². The van der Waals surface area contributed by atoms with E-state index in [0.29, 0.717) is 0 Å². The molecule has 4 heteroatoms. The molecule has 4 rings (SSSR count). The third-order valence-corrected chi connectivity index (χ3v) is 4.92. The van der Waals surface area contributed by atoms with E-state index in [1.165, 1.54) is 5.56 Å². The van der Waals surface area contributed by atoms with Crippen LogP contribution in [0.1, 0.15) is 24.4 Å². The molecule has 0 saturated carbocycles. The minimum atomic E-state index is -0.182. The molecule has 0 bridgehead atoms. The highest BCUT2D eigenvalue weighted by Crippen LogP contribution is 2.49. The van der Waals surface area contributed by atoms with E-state index in [2.05, 4.69) is 47.1 Å². The molecule has 1 aromatic heterocycles. The molecule has 0 aliphatic carbocycles. The predicted octanol–water partition coefficient (Wildman–Crippen LogP) is 3.59. The van der Waals surface area contributed by atoms with Crippen molar-refractivity contribution in [2.45, 2.75) is 24.5 Å². The van der Waals surface area contributed by atoms with Gasteiger partial charge < -0.3 is 14.2 Å². The summed E-state index contributed by atoms with van der Waals surface area (Å²) in [6.07, 6.45) is 6.49. The lowest BCUT2D eigenvalue weighted by molar-refractivity contribution is -0.00857. The number of nitrogens with zero attached hydrogens (tertiary/aromatic N) is 2. The molecule has 0 N–H and O–H groups in total. The van der Waals surface area contributed by atoms with Crippen molar-refractivity contribution in [2.24, 2.45) is 0 Å². The summed E-state index contributed by atoms with van der Waals surface area (Å²) in [6, 6.07) is 10.3. The number of piperidine rings is 1. The molecule has 1 fully saturated rings. The molecular weight excluding hydrogens is 284 g/mol. The number of hydrogen-bond acceptors (Lipinski definition) is 2. The number of likely N-dealkylation sites (N-methyl/N-ethyl adjacent to an activating group) is 1. The summed E-state index contributed by atoms with van der Waals surface area (Å²) in [6.45, 7) is 2.09. The Labute approximate surface area is 130 Å². The van der Waals surface area contributed by atoms with E-state index < -0.39 is 0 Å². The highest BCUT2D eigenvalue weighted by molar-refractivity contribution is 6.30. The summed E-state index contributed by atoms with van der Waals surface area (Å²) in [5.41, 5.74) is 1.02. The van der Waals surface area contributed by atoms with E-state index in [-0.39, 0.29) is 11.6 Å². The number of benzene rings is 1. The van der Waals surface area contributed by atoms with Gasteiger partial charge in [-0.3, -0.25) is 0 Å². The standard InChI is InChI=1S/C17H19ClN2O/c1-19-8-4-7-17(12-19)16(20-9-2-3-10-20)14-11-13(18)5-6-15(14)21-17/h2-3,5-6,9-11,16H,4,7-8,12H2,1H3. The van der Waals surface area contributed by atoms with Gasteiger partial charge in [0.05, 0.1) is 0 Å². The van der Waals surface area contributed by atoms with E-state index in [4.69, 9.17) is 16.3 Å². The second kappa shape index (κ2) is 4.79. The summed E-state index contributed by atoms with van der Waals surface area (Å²) in [4.78, 5) is 2.37. The first-order valence-electron chi connectivity index (χ1n) is 7.47. The van der Waals surface area contributed by atoms with Crippen LogP contribution < -0.4 is 4.74 Å². The molecule has 2 aromatic rings. The van der Waals surface area contributed by atoms with Crippen LogP contribution in [0.25, 0.3) is 0 Å². The Balaban J connectivity index is 1.85. The van der Waals surface area contributed by atoms with Crippen molar-refractivity contribution in [3.05, 3.63) is 53.3 Å². The van der Waals surface area contributed by atoms with Crippen molar-refractivity contribution in [1.29, 1.82) is 0 Å². The first kappa shape index (κ1) is 13.2. The number of aromatic nitrogens is 1. The lowest BCUT2D eigenvalue weighted by Gasteiger charge is -2.42. The van der Waals surface area contributed by atoms with Gasteiger partial charge in [0.15, 0.2) is 0 Å². The zero-order chi connectivity index (χ0) is 14.4. The van der Waals surface area contributed by atoms with Gasteiger partial charge in [-0.05, 0) is 56.8 Å². The van der Waals surface area contributed by atoms with Crippen LogP contribution in [0.15, 0.2) is 42.7 Å². The zero-order valence-corrected chi connectivity index (χ0v) is 12.9. The maximum absolute atomic E-state index is 6.48. The molecule has 2 aliphatic heterocycles. The van der Waals surface area contributed by atoms with Gasteiger partial charge in [-0.2, -0.15) is 0 Å². The summed E-state index contributed by atoms with van der Waals surface area (Å²) < 4.78 is 8.74. The van der Waals surface area contributed by atoms with Crippen molar-refractivity contribution in [3.8, 4) is 5.75 Å². The molecule has 3 heterocycles. The fourth-order valence-electron chi connectivity index (χ4n) is 3.91. The number of hydrogen-bond donors (Lipinski definition) is 0. The molecule has 1 aromatic carbocycles. The van der Waals surface area contributed by atoms with Crippen LogP contribution in [0.5, 0.6) is 5.75 Å². The number of ether oxygens (including phenoxy) is 1. The average Bonchev–Trinajstić information content (AvgIpc) is 3.04. The number of fused-ring (bicyclic) bond motifs is 1. The molecule has 21 heavy (non-hydrogen) atoms. The average molecular weight is 303 g/mol. The summed E-state index contributed by atoms with van der Waals surface area (Å²) in [5, 5.41) is 0.774. The monoisotopic (exact) mass is 302 g/mol. The van der Waals surface area contributed by atoms with Crippen LogP contribution in [0.2, 0.25) is 5.02 Å². The minimum absolute atomic E-state index is 0.182. The van der Waals surface area contributed by atoms with Crippen LogP contribution in [-0.4, -0.2) is 35.2 Å². The predicted molar refractivity (Wildman–Crippen MR) is 84.1 cm³/mol. The first-order valence-corrected chi connectivity index (χ1v) is 7.85. The van der Waals surface area contributed by atoms with E-state index in [9.17, 15) is 0 Å². The first-order chi connectivity index (χ1) is 10.2. The smallest absolute Gasteiger partial charge is 0.146 e. The SMILES string of the molecule is CN1CCCC2(C1)Oc1ccc(Cl)cc1C2n1cccc1. The lowest BCUT2D eigenvalue weighted by atomic mass is 9.84. The maximum Gasteiger partial charge on any atom is 0.146 e. The Kier molecular flexibility index (Phi) is 3.02. The highest BCUT2D eigenvalue weighted by atomic mass is 35.5. The van der Waals surface area contributed by atoms with Gasteiger partial charge in [0, 0.05) is 29.5 Å². The Morgan fingerprint density at radius 1 is 1.29 bits per heavy atom. The van der Waals surface area contributed by atoms with E-state index >= 15 is 0 Å². The highest BCUT2D eigenvalue weighted by Gasteiger charge is 2.51. The van der Waals surface area contributed by atoms with Gasteiger partial charge >= 0.3 is 0 Å². The fraction of sp³-hybridized carbons (Fsp3) is 0.412. The largest absolute Gasteiger partial charge is 0.483 e. The number of halogens is 1. The molecule has 2 aliphatic rings. The van der Waals surface area contributed by atoms with Gasteiger partial charge in [0.25, 0.3) is 0 Å². The normalized spacial score (nSPS) is 28.6. The Hall–Kier alpha value is -1.45. The summed E-state index contributed by atoms with van der Waals surface area (Å²) in [5.74, 6) is 0.980. The van der Waals surface area contributed by atoms with E-state index in [0.717, 1.165) is 36.7 Å². The number of likely N-dealkylation sites (tertiary alicyclic amines) is 1. The van der Waals surface area contributed by atoms with Gasteiger partial charge in [-0.25, -0.2) is 0 Å². The molecular formula is C17H19ClN2O. The fourth-order valence-corrected chi connectivity index (χ4v) is 4.09. The van der Waals surface area contributed by atoms with Crippen LogP contribution >= 0.6 is 11.6 Å². The Morgan fingerprint density at radius 2 is 2.10 bits per heavy atom. The lowest BCUT2D eigenvalue weighted by Crippen LogP contribution is -2.53. The van der Waals surface area contributed by atoms with Gasteiger partial charge in [0.2, 0.25) is 0 Å². The molecule has 2 unspecified atom stereocenters. The zero-order valence-electron chi connectivity index (χ0n) is 12.1. The van der Waals surface area contributed by atoms with Crippen molar-refractivity contribution >= 4 is 11.6 Å². The topological polar surface area (TPSA) is 17.4 Å². The van der Waals surface area contributed by atoms with Gasteiger partial charge in [0.1, 0.15) is 17.4 Å². The molecule has 0 amide bonds. The van der Waals surface area contributed by atoms with Crippen LogP contribution in [0, 0.1) is 0 Å². The second-order valence-corrected chi connectivity index (χ2v) is 6.66. The van der Waals surface area contributed by atoms with Crippen molar-refractivity contribution in [2.75, 3.05) is 20.1 Å². The summed E-state index contributed by atoms with van der Waals surface area (Å²) >= 11 is 6.23. The number of rotatable bonds is 1. The van der Waals surface area contributed by atoms with E-state index in [1.807, 2.05) is 12.1 Å². The van der Waals surface area contributed by atoms with Crippen LogP contribution in [0.4, 0.5) is 0 Å².